The Morgan fingerprint density at radius 2 is 1.94 bits per heavy atom. The molecular weight excluding hydrogens is 468 g/mol. The molecule has 0 fully saturated rings. The maximum Gasteiger partial charge on any atom is 0.188 e. The molecule has 0 saturated carbocycles. The summed E-state index contributed by atoms with van der Waals surface area (Å²) in [6.07, 6.45) is 0.748. The van der Waals surface area contributed by atoms with Crippen molar-refractivity contribution < 1.29 is 4.80 Å². The number of nitriles is 1. The number of hydrogen-bond donors (Lipinski definition) is 2. The van der Waals surface area contributed by atoms with Crippen LogP contribution in [0.15, 0.2) is 47.6 Å². The van der Waals surface area contributed by atoms with E-state index in [0.717, 1.165) is 34.2 Å². The van der Waals surface area contributed by atoms with Crippen LogP contribution in [0.25, 0.3) is 0 Å². The van der Waals surface area contributed by atoms with Crippen molar-refractivity contribution >= 4 is 42.4 Å². The minimum Gasteiger partial charge on any atom is -0.432 e. The molecule has 2 aromatic rings. The highest BCUT2D eigenvalue weighted by atomic mass is 35.5. The van der Waals surface area contributed by atoms with E-state index in [-0.39, 0.29) is 17.1 Å². The van der Waals surface area contributed by atoms with Gasteiger partial charge in [0, 0.05) is 11.3 Å². The molecule has 3 rings (SSSR count). The Hall–Kier alpha value is -1.98. The molecule has 0 amide bonds. The fourth-order valence-corrected chi connectivity index (χ4v) is 5.90. The van der Waals surface area contributed by atoms with Gasteiger partial charge in [-0.25, -0.2) is 0 Å². The van der Waals surface area contributed by atoms with Gasteiger partial charge in [0.2, 0.25) is 0 Å². The van der Waals surface area contributed by atoms with Crippen LogP contribution in [0.3, 0.4) is 0 Å². The van der Waals surface area contributed by atoms with Crippen molar-refractivity contribution in [2.24, 2.45) is 11.0 Å². The molecule has 5 nitrogen and oxygen atoms in total. The smallest absolute Gasteiger partial charge is 0.188 e. The number of rotatable bonds is 8. The lowest BCUT2D eigenvalue weighted by Crippen LogP contribution is -2.46. The van der Waals surface area contributed by atoms with Crippen molar-refractivity contribution in [3.8, 4) is 6.07 Å². The molecule has 0 aromatic heterocycles. The Morgan fingerprint density at radius 1 is 1.27 bits per heavy atom. The van der Waals surface area contributed by atoms with Gasteiger partial charge in [-0.05, 0) is 55.1 Å². The monoisotopic (exact) mass is 500 g/mol. The maximum atomic E-state index is 10.9. The summed E-state index contributed by atoms with van der Waals surface area (Å²) in [5, 5.41) is 21.4. The Bertz CT molecular complexity index is 1060. The molecule has 33 heavy (non-hydrogen) atoms. The third kappa shape index (κ3) is 5.75. The Labute approximate surface area is 208 Å². The predicted molar refractivity (Wildman–Crippen MR) is 143 cm³/mol. The van der Waals surface area contributed by atoms with Crippen molar-refractivity contribution in [1.82, 2.24) is 5.01 Å². The van der Waals surface area contributed by atoms with Gasteiger partial charge in [0.15, 0.2) is 8.32 Å². The summed E-state index contributed by atoms with van der Waals surface area (Å²) in [5.74, 6) is 0.919. The van der Waals surface area contributed by atoms with Crippen LogP contribution in [-0.2, 0) is 0 Å². The molecule has 0 saturated heterocycles. The molecule has 2 atom stereocenters. The summed E-state index contributed by atoms with van der Waals surface area (Å²) >= 11 is 8.18. The number of halogens is 1. The first-order valence-corrected chi connectivity index (χ1v) is 15.5. The van der Waals surface area contributed by atoms with Gasteiger partial charge < -0.3 is 10.1 Å². The summed E-state index contributed by atoms with van der Waals surface area (Å²) in [5.41, 5.74) is 3.32. The van der Waals surface area contributed by atoms with E-state index >= 15 is 0 Å². The first-order valence-electron chi connectivity index (χ1n) is 11.2. The van der Waals surface area contributed by atoms with Crippen LogP contribution in [0.5, 0.6) is 0 Å². The van der Waals surface area contributed by atoms with E-state index in [4.69, 9.17) is 16.7 Å². The number of thioether (sulfide) groups is 1. The van der Waals surface area contributed by atoms with Crippen molar-refractivity contribution in [3.05, 3.63) is 64.2 Å². The van der Waals surface area contributed by atoms with Gasteiger partial charge in [-0.2, -0.15) is 10.4 Å². The van der Waals surface area contributed by atoms with Gasteiger partial charge in [-0.1, -0.05) is 74.5 Å². The Kier molecular flexibility index (Phi) is 7.85. The van der Waals surface area contributed by atoms with Gasteiger partial charge in [-0.3, -0.25) is 5.01 Å². The van der Waals surface area contributed by atoms with Gasteiger partial charge in [0.1, 0.15) is 17.3 Å². The third-order valence-corrected chi connectivity index (χ3v) is 11.7. The molecule has 0 spiro atoms. The van der Waals surface area contributed by atoms with Crippen LogP contribution >= 0.6 is 23.4 Å². The van der Waals surface area contributed by atoms with E-state index in [1.54, 1.807) is 17.8 Å². The molecule has 1 aliphatic rings. The fourth-order valence-electron chi connectivity index (χ4n) is 3.93. The standard InChI is InChI=1S/C25H33ClN4OSSi/c1-17(14-25(3,4)33(5,6)31)23(28-21-13-12-20(15-27)22(26)18(21)2)30-16-32-24(29-30)19-10-8-7-9-11-19/h7-13,17,23,28,31H,14,16H2,1-6H3/t17-,23+/m1/s1. The van der Waals surface area contributed by atoms with Crippen LogP contribution in [0.1, 0.15) is 43.9 Å². The average molecular weight is 501 g/mol. The second-order valence-electron chi connectivity index (χ2n) is 9.91. The maximum absolute atomic E-state index is 10.9. The zero-order chi connectivity index (χ0) is 24.4. The SMILES string of the molecule is Cc1c(N[C@H]([C@H](C)CC(C)(C)[Si](C)(C)O)N2CSC(c3ccccc3)=N2)ccc(C#N)c1Cl. The van der Waals surface area contributed by atoms with Crippen LogP contribution < -0.4 is 5.32 Å². The number of hydrazone groups is 1. The van der Waals surface area contributed by atoms with Crippen LogP contribution in [-0.4, -0.2) is 35.2 Å². The minimum atomic E-state index is -2.37. The average Bonchev–Trinajstić information content (AvgIpc) is 3.24. The zero-order valence-corrected chi connectivity index (χ0v) is 22.8. The molecule has 176 valence electrons. The van der Waals surface area contributed by atoms with E-state index in [1.165, 1.54) is 0 Å². The van der Waals surface area contributed by atoms with Crippen molar-refractivity contribution in [1.29, 1.82) is 5.26 Å². The summed E-state index contributed by atoms with van der Waals surface area (Å²) < 4.78 is 0. The zero-order valence-electron chi connectivity index (χ0n) is 20.2. The largest absolute Gasteiger partial charge is 0.432 e. The second-order valence-corrected chi connectivity index (χ2v) is 15.7. The third-order valence-electron chi connectivity index (χ3n) is 6.73. The van der Waals surface area contributed by atoms with Crippen LogP contribution in [0, 0.1) is 24.2 Å². The summed E-state index contributed by atoms with van der Waals surface area (Å²) in [6, 6.07) is 16.0. The summed E-state index contributed by atoms with van der Waals surface area (Å²) in [6.45, 7) is 12.5. The highest BCUT2D eigenvalue weighted by molar-refractivity contribution is 8.14. The quantitative estimate of drug-likeness (QED) is 0.398. The van der Waals surface area contributed by atoms with Gasteiger partial charge in [0.05, 0.1) is 16.5 Å². The molecule has 1 heterocycles. The molecule has 0 unspecified atom stereocenters. The normalized spacial score (nSPS) is 16.2. The first kappa shape index (κ1) is 25.6. The van der Waals surface area contributed by atoms with E-state index in [9.17, 15) is 10.1 Å². The second kappa shape index (κ2) is 10.1. The lowest BCUT2D eigenvalue weighted by atomic mass is 9.94. The molecule has 8 heteroatoms. The molecule has 0 bridgehead atoms. The number of nitrogens with one attached hydrogen (secondary N) is 1. The lowest BCUT2D eigenvalue weighted by molar-refractivity contribution is 0.190. The van der Waals surface area contributed by atoms with Gasteiger partial charge in [-0.15, -0.1) is 0 Å². The van der Waals surface area contributed by atoms with Crippen molar-refractivity contribution in [3.63, 3.8) is 0 Å². The van der Waals surface area contributed by atoms with Gasteiger partial charge in [0.25, 0.3) is 0 Å². The lowest BCUT2D eigenvalue weighted by Gasteiger charge is -2.41. The summed E-state index contributed by atoms with van der Waals surface area (Å²) in [4.78, 5) is 10.9. The Balaban J connectivity index is 1.94. The summed E-state index contributed by atoms with van der Waals surface area (Å²) in [7, 11) is -2.37. The molecule has 0 radical (unpaired) electrons. The number of nitrogens with zero attached hydrogens (tertiary/aromatic N) is 3. The van der Waals surface area contributed by atoms with E-state index in [1.807, 2.05) is 44.3 Å². The van der Waals surface area contributed by atoms with Crippen LogP contribution in [0.2, 0.25) is 23.2 Å². The minimum absolute atomic E-state index is 0.1000. The van der Waals surface area contributed by atoms with Gasteiger partial charge >= 0.3 is 0 Å². The fraction of sp³-hybridized carbons (Fsp3) is 0.440. The topological polar surface area (TPSA) is 71.7 Å². The van der Waals surface area contributed by atoms with E-state index in [2.05, 4.69) is 49.3 Å². The Morgan fingerprint density at radius 3 is 2.55 bits per heavy atom. The molecular formula is C25H33ClN4OSSi. The van der Waals surface area contributed by atoms with Crippen molar-refractivity contribution in [2.45, 2.75) is 58.4 Å². The number of anilines is 1. The highest BCUT2D eigenvalue weighted by Gasteiger charge is 2.41. The molecule has 0 aliphatic carbocycles. The van der Waals surface area contributed by atoms with Crippen molar-refractivity contribution in [2.75, 3.05) is 11.2 Å². The molecule has 2 N–H and O–H groups in total. The first-order chi connectivity index (χ1) is 15.4. The molecule has 2 aromatic carbocycles. The number of benzene rings is 2. The molecule has 1 aliphatic heterocycles. The number of hydrogen-bond acceptors (Lipinski definition) is 6. The van der Waals surface area contributed by atoms with E-state index in [0.29, 0.717) is 10.6 Å². The van der Waals surface area contributed by atoms with Crippen LogP contribution in [0.4, 0.5) is 5.69 Å². The predicted octanol–water partition coefficient (Wildman–Crippen LogP) is 6.63. The highest BCUT2D eigenvalue weighted by Crippen LogP contribution is 2.43. The van der Waals surface area contributed by atoms with E-state index < -0.39 is 8.32 Å².